The van der Waals surface area contributed by atoms with Gasteiger partial charge in [-0.1, -0.05) is 31.9 Å². The molecule has 2 N–H and O–H groups in total. The van der Waals surface area contributed by atoms with Gasteiger partial charge in [-0.25, -0.2) is 0 Å². The summed E-state index contributed by atoms with van der Waals surface area (Å²) >= 11 is 6.92. The minimum atomic E-state index is 0.495. The van der Waals surface area contributed by atoms with Crippen LogP contribution in [-0.4, -0.2) is 0 Å². The van der Waals surface area contributed by atoms with E-state index in [9.17, 15) is 0 Å². The van der Waals surface area contributed by atoms with Crippen molar-refractivity contribution in [1.82, 2.24) is 0 Å². The monoisotopic (exact) mass is 369 g/mol. The summed E-state index contributed by atoms with van der Waals surface area (Å²) < 4.78 is 7.87. The number of ether oxygens (including phenoxy) is 1. The molecule has 0 unspecified atom stereocenters. The van der Waals surface area contributed by atoms with Crippen LogP contribution in [0.3, 0.4) is 0 Å². The van der Waals surface area contributed by atoms with Crippen LogP contribution in [0.15, 0.2) is 45.3 Å². The average molecular weight is 371 g/mol. The second-order valence-electron chi connectivity index (χ2n) is 4.01. The number of hydrogen-bond acceptors (Lipinski definition) is 2. The molecule has 94 valence electrons. The molecule has 18 heavy (non-hydrogen) atoms. The van der Waals surface area contributed by atoms with Crippen molar-refractivity contribution in [3.05, 3.63) is 56.5 Å². The van der Waals surface area contributed by atoms with Crippen molar-refractivity contribution in [3.63, 3.8) is 0 Å². The van der Waals surface area contributed by atoms with E-state index in [1.54, 1.807) is 0 Å². The molecule has 0 aliphatic rings. The Hall–Kier alpha value is -0.840. The van der Waals surface area contributed by atoms with Crippen molar-refractivity contribution >= 4 is 31.9 Å². The van der Waals surface area contributed by atoms with Gasteiger partial charge < -0.3 is 10.5 Å². The van der Waals surface area contributed by atoms with Gasteiger partial charge in [0.05, 0.1) is 0 Å². The number of benzene rings is 2. The average Bonchev–Trinajstić information content (AvgIpc) is 2.33. The van der Waals surface area contributed by atoms with Crippen molar-refractivity contribution in [1.29, 1.82) is 0 Å². The molecule has 2 rings (SSSR count). The van der Waals surface area contributed by atoms with Crippen LogP contribution < -0.4 is 10.5 Å². The lowest BCUT2D eigenvalue weighted by atomic mass is 10.2. The Labute approximate surface area is 123 Å². The molecule has 0 saturated carbocycles. The second-order valence-corrected chi connectivity index (χ2v) is 5.78. The minimum absolute atomic E-state index is 0.495. The van der Waals surface area contributed by atoms with Crippen molar-refractivity contribution in [2.75, 3.05) is 0 Å². The van der Waals surface area contributed by atoms with Crippen LogP contribution in [0.25, 0.3) is 0 Å². The Balaban J connectivity index is 2.27. The van der Waals surface area contributed by atoms with E-state index in [-0.39, 0.29) is 0 Å². The highest BCUT2D eigenvalue weighted by molar-refractivity contribution is 9.10. The molecule has 0 saturated heterocycles. The van der Waals surface area contributed by atoms with Gasteiger partial charge in [-0.2, -0.15) is 0 Å². The van der Waals surface area contributed by atoms with Crippen LogP contribution in [0, 0.1) is 6.92 Å². The summed E-state index contributed by atoms with van der Waals surface area (Å²) in [6, 6.07) is 11.8. The Bertz CT molecular complexity index is 570. The molecule has 2 aromatic carbocycles. The van der Waals surface area contributed by atoms with Crippen molar-refractivity contribution in [3.8, 4) is 11.5 Å². The summed E-state index contributed by atoms with van der Waals surface area (Å²) in [4.78, 5) is 0. The first kappa shape index (κ1) is 13.6. The van der Waals surface area contributed by atoms with Crippen molar-refractivity contribution < 1.29 is 4.74 Å². The minimum Gasteiger partial charge on any atom is -0.457 e. The maximum Gasteiger partial charge on any atom is 0.128 e. The first-order chi connectivity index (χ1) is 8.58. The molecule has 0 aliphatic carbocycles. The van der Waals surface area contributed by atoms with E-state index in [1.165, 1.54) is 0 Å². The summed E-state index contributed by atoms with van der Waals surface area (Å²) in [6.45, 7) is 2.53. The lowest BCUT2D eigenvalue weighted by molar-refractivity contribution is 0.481. The first-order valence-corrected chi connectivity index (χ1v) is 7.10. The van der Waals surface area contributed by atoms with Gasteiger partial charge in [0.1, 0.15) is 11.5 Å². The van der Waals surface area contributed by atoms with Gasteiger partial charge in [0.25, 0.3) is 0 Å². The molecular weight excluding hydrogens is 358 g/mol. The van der Waals surface area contributed by atoms with E-state index >= 15 is 0 Å². The van der Waals surface area contributed by atoms with Crippen molar-refractivity contribution in [2.24, 2.45) is 5.73 Å². The molecule has 0 bridgehead atoms. The highest BCUT2D eigenvalue weighted by Crippen LogP contribution is 2.28. The largest absolute Gasteiger partial charge is 0.457 e. The molecule has 0 radical (unpaired) electrons. The Morgan fingerprint density at radius 3 is 2.50 bits per heavy atom. The molecule has 2 nitrogen and oxygen atoms in total. The number of rotatable bonds is 3. The fourth-order valence-corrected chi connectivity index (χ4v) is 2.38. The number of hydrogen-bond donors (Lipinski definition) is 1. The zero-order valence-electron chi connectivity index (χ0n) is 9.91. The predicted octanol–water partition coefficient (Wildman–Crippen LogP) is 4.77. The summed E-state index contributed by atoms with van der Waals surface area (Å²) in [7, 11) is 0. The molecule has 0 atom stereocenters. The topological polar surface area (TPSA) is 35.2 Å². The van der Waals surface area contributed by atoms with Crippen LogP contribution >= 0.6 is 31.9 Å². The SMILES string of the molecule is Cc1cc(Oc2cc(Br)cc(CN)c2)ccc1Br. The highest BCUT2D eigenvalue weighted by atomic mass is 79.9. The molecular formula is C14H13Br2NO. The van der Waals surface area contributed by atoms with E-state index in [2.05, 4.69) is 31.9 Å². The van der Waals surface area contributed by atoms with Crippen LogP contribution in [-0.2, 0) is 6.54 Å². The first-order valence-electron chi connectivity index (χ1n) is 5.52. The summed E-state index contributed by atoms with van der Waals surface area (Å²) in [5.41, 5.74) is 7.82. The molecule has 0 spiro atoms. The maximum absolute atomic E-state index is 5.83. The third-order valence-corrected chi connectivity index (χ3v) is 3.88. The van der Waals surface area contributed by atoms with Crippen LogP contribution in [0.1, 0.15) is 11.1 Å². The second kappa shape index (κ2) is 5.87. The van der Waals surface area contributed by atoms with E-state index in [4.69, 9.17) is 10.5 Å². The van der Waals surface area contributed by atoms with Gasteiger partial charge in [-0.15, -0.1) is 0 Å². The molecule has 0 fully saturated rings. The van der Waals surface area contributed by atoms with Gasteiger partial charge in [-0.3, -0.25) is 0 Å². The van der Waals surface area contributed by atoms with Crippen LogP contribution in [0.4, 0.5) is 0 Å². The molecule has 0 aromatic heterocycles. The lowest BCUT2D eigenvalue weighted by Crippen LogP contribution is -1.96. The normalized spacial score (nSPS) is 10.4. The quantitative estimate of drug-likeness (QED) is 0.844. The Morgan fingerprint density at radius 2 is 1.83 bits per heavy atom. The van der Waals surface area contributed by atoms with Gasteiger partial charge in [0.15, 0.2) is 0 Å². The fourth-order valence-electron chi connectivity index (χ4n) is 1.61. The standard InChI is InChI=1S/C14H13Br2NO/c1-9-4-12(2-3-14(9)16)18-13-6-10(8-17)5-11(15)7-13/h2-7H,8,17H2,1H3. The molecule has 4 heteroatoms. The maximum atomic E-state index is 5.83. The van der Waals surface area contributed by atoms with Gasteiger partial charge in [0.2, 0.25) is 0 Å². The van der Waals surface area contributed by atoms with E-state index in [1.807, 2.05) is 43.3 Å². The van der Waals surface area contributed by atoms with E-state index in [0.29, 0.717) is 6.54 Å². The fraction of sp³-hybridized carbons (Fsp3) is 0.143. The Kier molecular flexibility index (Phi) is 4.43. The van der Waals surface area contributed by atoms with E-state index < -0.39 is 0 Å². The van der Waals surface area contributed by atoms with E-state index in [0.717, 1.165) is 31.6 Å². The summed E-state index contributed by atoms with van der Waals surface area (Å²) in [5.74, 6) is 1.60. The third-order valence-electron chi connectivity index (χ3n) is 2.53. The Morgan fingerprint density at radius 1 is 1.06 bits per heavy atom. The molecule has 0 amide bonds. The summed E-state index contributed by atoms with van der Waals surface area (Å²) in [6.07, 6.45) is 0. The van der Waals surface area contributed by atoms with Crippen LogP contribution in [0.5, 0.6) is 11.5 Å². The van der Waals surface area contributed by atoms with Gasteiger partial charge in [-0.05, 0) is 54.4 Å². The number of nitrogens with two attached hydrogens (primary N) is 1. The molecule has 0 heterocycles. The zero-order valence-corrected chi connectivity index (χ0v) is 13.1. The molecule has 0 aliphatic heterocycles. The van der Waals surface area contributed by atoms with Gasteiger partial charge >= 0.3 is 0 Å². The number of aryl methyl sites for hydroxylation is 1. The molecule has 2 aromatic rings. The zero-order chi connectivity index (χ0) is 13.1. The van der Waals surface area contributed by atoms with Crippen molar-refractivity contribution in [2.45, 2.75) is 13.5 Å². The summed E-state index contributed by atoms with van der Waals surface area (Å²) in [5, 5.41) is 0. The third kappa shape index (κ3) is 3.34. The predicted molar refractivity (Wildman–Crippen MR) is 81.0 cm³/mol. The van der Waals surface area contributed by atoms with Crippen LogP contribution in [0.2, 0.25) is 0 Å². The highest BCUT2D eigenvalue weighted by Gasteiger charge is 2.03. The smallest absolute Gasteiger partial charge is 0.128 e. The lowest BCUT2D eigenvalue weighted by Gasteiger charge is -2.09. The van der Waals surface area contributed by atoms with Gasteiger partial charge in [0, 0.05) is 15.5 Å². The number of halogens is 2.